The Kier molecular flexibility index (Phi) is 5.16. The van der Waals surface area contributed by atoms with E-state index in [0.29, 0.717) is 17.3 Å². The molecular formula is C20H15ClN6OS2. The van der Waals surface area contributed by atoms with Crippen LogP contribution < -0.4 is 0 Å². The summed E-state index contributed by atoms with van der Waals surface area (Å²) in [6.45, 7) is -0.0450. The highest BCUT2D eigenvalue weighted by molar-refractivity contribution is 7.12. The van der Waals surface area contributed by atoms with Crippen molar-refractivity contribution in [2.24, 2.45) is 5.10 Å². The number of hydrogen-bond acceptors (Lipinski definition) is 7. The number of halogens is 1. The lowest BCUT2D eigenvalue weighted by Gasteiger charge is -2.20. The minimum atomic E-state index is -0.185. The van der Waals surface area contributed by atoms with E-state index in [0.717, 1.165) is 21.0 Å². The highest BCUT2D eigenvalue weighted by Crippen LogP contribution is 2.36. The fourth-order valence-corrected chi connectivity index (χ4v) is 5.00. The van der Waals surface area contributed by atoms with E-state index < -0.39 is 0 Å². The molecule has 4 heterocycles. The quantitative estimate of drug-likeness (QED) is 0.445. The van der Waals surface area contributed by atoms with Crippen molar-refractivity contribution in [1.29, 1.82) is 0 Å². The number of rotatable bonds is 5. The first kappa shape index (κ1) is 19.1. The maximum atomic E-state index is 13.1. The van der Waals surface area contributed by atoms with E-state index in [1.165, 1.54) is 4.80 Å². The molecule has 1 aromatic carbocycles. The number of tetrazole rings is 1. The summed E-state index contributed by atoms with van der Waals surface area (Å²) < 4.78 is 0. The topological polar surface area (TPSA) is 76.3 Å². The van der Waals surface area contributed by atoms with Crippen molar-refractivity contribution >= 4 is 45.9 Å². The van der Waals surface area contributed by atoms with Gasteiger partial charge in [-0.05, 0) is 40.2 Å². The molecule has 1 aliphatic rings. The third-order valence-electron chi connectivity index (χ3n) is 4.66. The van der Waals surface area contributed by atoms with E-state index in [1.807, 2.05) is 47.2 Å². The van der Waals surface area contributed by atoms with Gasteiger partial charge in [-0.25, -0.2) is 5.01 Å². The summed E-state index contributed by atoms with van der Waals surface area (Å²) in [5.41, 5.74) is 1.67. The van der Waals surface area contributed by atoms with E-state index in [4.69, 9.17) is 11.6 Å². The second-order valence-corrected chi connectivity index (χ2v) is 9.01. The first-order valence-electron chi connectivity index (χ1n) is 9.18. The van der Waals surface area contributed by atoms with Gasteiger partial charge in [0.05, 0.1) is 16.6 Å². The van der Waals surface area contributed by atoms with E-state index in [-0.39, 0.29) is 18.5 Å². The number of nitrogens with zero attached hydrogens (tertiary/aromatic N) is 6. The summed E-state index contributed by atoms with van der Waals surface area (Å²) in [7, 11) is 0. The number of hydrogen-bond donors (Lipinski definition) is 0. The second kappa shape index (κ2) is 8.10. The molecule has 0 fully saturated rings. The Hall–Kier alpha value is -2.88. The van der Waals surface area contributed by atoms with Crippen molar-refractivity contribution in [3.63, 3.8) is 0 Å². The average Bonchev–Trinajstić information content (AvgIpc) is 3.54. The minimum Gasteiger partial charge on any atom is -0.271 e. The summed E-state index contributed by atoms with van der Waals surface area (Å²) in [6.07, 6.45) is 0.686. The SMILES string of the molecule is O=C(Cn1nnc(-c2cccc(Cl)c2)n1)N1N=C(c2cccs2)C[C@H]1c1cccs1. The maximum absolute atomic E-state index is 13.1. The zero-order valence-electron chi connectivity index (χ0n) is 15.6. The predicted molar refractivity (Wildman–Crippen MR) is 118 cm³/mol. The van der Waals surface area contributed by atoms with E-state index in [1.54, 1.807) is 39.8 Å². The van der Waals surface area contributed by atoms with Crippen LogP contribution in [0.3, 0.4) is 0 Å². The second-order valence-electron chi connectivity index (χ2n) is 6.65. The maximum Gasteiger partial charge on any atom is 0.266 e. The third kappa shape index (κ3) is 3.79. The van der Waals surface area contributed by atoms with Gasteiger partial charge in [-0.2, -0.15) is 9.90 Å². The number of carbonyl (C=O) groups excluding carboxylic acids is 1. The number of thiophene rings is 2. The molecule has 0 N–H and O–H groups in total. The van der Waals surface area contributed by atoms with Gasteiger partial charge in [0, 0.05) is 21.9 Å². The average molecular weight is 455 g/mol. The Balaban J connectivity index is 1.38. The van der Waals surface area contributed by atoms with Gasteiger partial charge >= 0.3 is 0 Å². The van der Waals surface area contributed by atoms with E-state index in [2.05, 4.69) is 20.5 Å². The number of aromatic nitrogens is 4. The van der Waals surface area contributed by atoms with Crippen LogP contribution in [-0.4, -0.2) is 36.8 Å². The molecule has 0 unspecified atom stereocenters. The zero-order valence-corrected chi connectivity index (χ0v) is 17.9. The molecule has 0 saturated carbocycles. The van der Waals surface area contributed by atoms with Crippen LogP contribution in [0.15, 0.2) is 64.4 Å². The van der Waals surface area contributed by atoms with Crippen LogP contribution in [0.4, 0.5) is 0 Å². The zero-order chi connectivity index (χ0) is 20.5. The van der Waals surface area contributed by atoms with Gasteiger partial charge in [-0.1, -0.05) is 35.9 Å². The van der Waals surface area contributed by atoms with Crippen LogP contribution in [0.5, 0.6) is 0 Å². The van der Waals surface area contributed by atoms with Crippen molar-refractivity contribution < 1.29 is 4.79 Å². The summed E-state index contributed by atoms with van der Waals surface area (Å²) in [6, 6.07) is 15.1. The highest BCUT2D eigenvalue weighted by Gasteiger charge is 2.34. The van der Waals surface area contributed by atoms with Gasteiger partial charge in [0.1, 0.15) is 6.54 Å². The van der Waals surface area contributed by atoms with Crippen molar-refractivity contribution in [2.75, 3.05) is 0 Å². The van der Waals surface area contributed by atoms with Gasteiger partial charge in [0.2, 0.25) is 5.82 Å². The van der Waals surface area contributed by atoms with Crippen LogP contribution in [0.25, 0.3) is 11.4 Å². The van der Waals surface area contributed by atoms with Crippen LogP contribution >= 0.6 is 34.3 Å². The molecule has 0 bridgehead atoms. The Bertz CT molecular complexity index is 1200. The lowest BCUT2D eigenvalue weighted by atomic mass is 10.1. The lowest BCUT2D eigenvalue weighted by Crippen LogP contribution is -2.30. The first-order valence-corrected chi connectivity index (χ1v) is 11.3. The van der Waals surface area contributed by atoms with Gasteiger partial charge < -0.3 is 0 Å². The number of carbonyl (C=O) groups is 1. The van der Waals surface area contributed by atoms with Crippen LogP contribution in [0.2, 0.25) is 5.02 Å². The molecule has 10 heteroatoms. The van der Waals surface area contributed by atoms with Crippen LogP contribution in [-0.2, 0) is 11.3 Å². The summed E-state index contributed by atoms with van der Waals surface area (Å²) in [5.74, 6) is 0.235. The largest absolute Gasteiger partial charge is 0.271 e. The molecule has 0 saturated heterocycles. The fraction of sp³-hybridized carbons (Fsp3) is 0.150. The Morgan fingerprint density at radius 3 is 2.77 bits per heavy atom. The van der Waals surface area contributed by atoms with Gasteiger partial charge in [-0.3, -0.25) is 4.79 Å². The molecule has 3 aromatic heterocycles. The standard InChI is InChI=1S/C20H15ClN6OS2/c21-14-5-1-4-13(10-14)20-22-25-26(24-20)12-19(28)27-16(18-7-3-9-30-18)11-15(23-27)17-6-2-8-29-17/h1-10,16H,11-12H2/t16-/m0/s1. The molecule has 0 aliphatic carbocycles. The van der Waals surface area contributed by atoms with E-state index >= 15 is 0 Å². The molecule has 4 aromatic rings. The number of amides is 1. The monoisotopic (exact) mass is 454 g/mol. The number of benzene rings is 1. The molecule has 150 valence electrons. The van der Waals surface area contributed by atoms with Gasteiger partial charge in [0.15, 0.2) is 0 Å². The van der Waals surface area contributed by atoms with Crippen molar-refractivity contribution in [3.05, 3.63) is 74.1 Å². The predicted octanol–water partition coefficient (Wildman–Crippen LogP) is 4.49. The van der Waals surface area contributed by atoms with E-state index in [9.17, 15) is 4.79 Å². The summed E-state index contributed by atoms with van der Waals surface area (Å²) in [5, 5.41) is 23.2. The Morgan fingerprint density at radius 2 is 2.00 bits per heavy atom. The Labute approximate surface area is 185 Å². The molecule has 0 radical (unpaired) electrons. The molecule has 30 heavy (non-hydrogen) atoms. The van der Waals surface area contributed by atoms with Gasteiger partial charge in [-0.15, -0.1) is 32.9 Å². The lowest BCUT2D eigenvalue weighted by molar-refractivity contribution is -0.134. The summed E-state index contributed by atoms with van der Waals surface area (Å²) >= 11 is 9.28. The smallest absolute Gasteiger partial charge is 0.266 e. The molecule has 0 spiro atoms. The molecule has 1 atom stereocenters. The third-order valence-corrected chi connectivity index (χ3v) is 6.78. The number of hydrazone groups is 1. The van der Waals surface area contributed by atoms with Crippen LogP contribution in [0.1, 0.15) is 22.2 Å². The molecular weight excluding hydrogens is 440 g/mol. The molecule has 1 amide bonds. The summed E-state index contributed by atoms with van der Waals surface area (Å²) in [4.78, 5) is 16.6. The fourth-order valence-electron chi connectivity index (χ4n) is 3.28. The molecule has 7 nitrogen and oxygen atoms in total. The van der Waals surface area contributed by atoms with Gasteiger partial charge in [0.25, 0.3) is 5.91 Å². The van der Waals surface area contributed by atoms with Crippen molar-refractivity contribution in [3.8, 4) is 11.4 Å². The van der Waals surface area contributed by atoms with Crippen molar-refractivity contribution in [2.45, 2.75) is 19.0 Å². The van der Waals surface area contributed by atoms with Crippen LogP contribution in [0, 0.1) is 0 Å². The first-order chi connectivity index (χ1) is 14.7. The minimum absolute atomic E-state index is 0.0450. The molecule has 1 aliphatic heterocycles. The normalized spacial score (nSPS) is 16.1. The molecule has 5 rings (SSSR count). The van der Waals surface area contributed by atoms with Crippen molar-refractivity contribution in [1.82, 2.24) is 25.2 Å². The highest BCUT2D eigenvalue weighted by atomic mass is 35.5. The Morgan fingerprint density at radius 1 is 1.13 bits per heavy atom.